The van der Waals surface area contributed by atoms with Crippen LogP contribution in [0.4, 0.5) is 14.9 Å². The Hall–Kier alpha value is -2.40. The summed E-state index contributed by atoms with van der Waals surface area (Å²) in [6.45, 7) is 3.25. The molecule has 1 N–H and O–H groups in total. The number of hydrogen-bond acceptors (Lipinski definition) is 2. The maximum Gasteiger partial charge on any atom is 0.321 e. The van der Waals surface area contributed by atoms with Crippen molar-refractivity contribution in [3.8, 4) is 0 Å². The third kappa shape index (κ3) is 3.44. The van der Waals surface area contributed by atoms with E-state index < -0.39 is 0 Å². The van der Waals surface area contributed by atoms with Crippen molar-refractivity contribution >= 4 is 11.7 Å². The molecule has 2 fully saturated rings. The van der Waals surface area contributed by atoms with E-state index in [2.05, 4.69) is 10.2 Å². The van der Waals surface area contributed by atoms with Crippen LogP contribution in [-0.4, -0.2) is 41.0 Å². The first kappa shape index (κ1) is 17.0. The van der Waals surface area contributed by atoms with E-state index in [-0.39, 0.29) is 17.4 Å². The van der Waals surface area contributed by atoms with Crippen LogP contribution in [0.3, 0.4) is 0 Å². The van der Waals surface area contributed by atoms with Crippen LogP contribution in [0.15, 0.2) is 54.6 Å². The third-order valence-corrected chi connectivity index (χ3v) is 5.65. The zero-order valence-corrected chi connectivity index (χ0v) is 14.8. The monoisotopic (exact) mass is 353 g/mol. The minimum Gasteiger partial charge on any atom is -0.323 e. The molecule has 4 rings (SSSR count). The molecule has 2 aromatic rings. The lowest BCUT2D eigenvalue weighted by Gasteiger charge is -2.35. The van der Waals surface area contributed by atoms with E-state index in [1.807, 2.05) is 41.3 Å². The quantitative estimate of drug-likeness (QED) is 0.902. The molecule has 2 saturated heterocycles. The minimum absolute atomic E-state index is 0.0281. The van der Waals surface area contributed by atoms with Crippen LogP contribution in [0, 0.1) is 5.82 Å². The van der Waals surface area contributed by atoms with Gasteiger partial charge in [0.15, 0.2) is 0 Å². The Labute approximate surface area is 153 Å². The second kappa shape index (κ2) is 7.08. The molecule has 136 valence electrons. The van der Waals surface area contributed by atoms with Gasteiger partial charge in [-0.1, -0.05) is 30.3 Å². The fourth-order valence-electron chi connectivity index (χ4n) is 4.31. The number of likely N-dealkylation sites (tertiary alicyclic amines) is 2. The van der Waals surface area contributed by atoms with Crippen LogP contribution in [0.1, 0.15) is 24.8 Å². The Morgan fingerprint density at radius 2 is 1.92 bits per heavy atom. The van der Waals surface area contributed by atoms with Crippen LogP contribution in [-0.2, 0) is 6.54 Å². The van der Waals surface area contributed by atoms with E-state index in [9.17, 15) is 9.18 Å². The number of carbonyl (C=O) groups excluding carboxylic acids is 1. The first-order valence-corrected chi connectivity index (χ1v) is 9.25. The lowest BCUT2D eigenvalue weighted by molar-refractivity contribution is 0.136. The van der Waals surface area contributed by atoms with Crippen molar-refractivity contribution in [2.45, 2.75) is 31.3 Å². The molecule has 0 aliphatic carbocycles. The number of benzene rings is 2. The largest absolute Gasteiger partial charge is 0.323 e. The average molecular weight is 353 g/mol. The van der Waals surface area contributed by atoms with Gasteiger partial charge >= 0.3 is 6.03 Å². The van der Waals surface area contributed by atoms with Crippen molar-refractivity contribution < 1.29 is 9.18 Å². The average Bonchev–Trinajstić information content (AvgIpc) is 3.24. The molecule has 1 spiro atoms. The molecule has 2 aliphatic rings. The molecule has 0 saturated carbocycles. The highest BCUT2D eigenvalue weighted by Gasteiger charge is 2.46. The normalized spacial score (nSPS) is 22.9. The van der Waals surface area contributed by atoms with E-state index in [0.717, 1.165) is 56.7 Å². The zero-order valence-electron chi connectivity index (χ0n) is 14.8. The number of para-hydroxylation sites is 1. The highest BCUT2D eigenvalue weighted by Crippen LogP contribution is 2.38. The number of anilines is 1. The van der Waals surface area contributed by atoms with Gasteiger partial charge in [0, 0.05) is 30.9 Å². The SMILES string of the molecule is O=C(Nc1ccccc1)N1CC[C@]2(CCCN2Cc2cccc(F)c2)C1. The predicted molar refractivity (Wildman–Crippen MR) is 100 cm³/mol. The predicted octanol–water partition coefficient (Wildman–Crippen LogP) is 4.10. The number of urea groups is 1. The molecule has 2 heterocycles. The smallest absolute Gasteiger partial charge is 0.321 e. The van der Waals surface area contributed by atoms with Crippen molar-refractivity contribution in [2.75, 3.05) is 25.0 Å². The number of hydrogen-bond donors (Lipinski definition) is 1. The maximum absolute atomic E-state index is 13.5. The van der Waals surface area contributed by atoms with E-state index in [4.69, 9.17) is 0 Å². The van der Waals surface area contributed by atoms with E-state index in [1.54, 1.807) is 12.1 Å². The fraction of sp³-hybridized carbons (Fsp3) is 0.381. The van der Waals surface area contributed by atoms with Gasteiger partial charge in [-0.2, -0.15) is 0 Å². The van der Waals surface area contributed by atoms with Gasteiger partial charge < -0.3 is 10.2 Å². The van der Waals surface area contributed by atoms with Crippen LogP contribution < -0.4 is 5.32 Å². The van der Waals surface area contributed by atoms with Crippen molar-refractivity contribution in [3.05, 3.63) is 66.0 Å². The van der Waals surface area contributed by atoms with Crippen molar-refractivity contribution in [1.82, 2.24) is 9.80 Å². The number of nitrogens with zero attached hydrogens (tertiary/aromatic N) is 2. The molecule has 26 heavy (non-hydrogen) atoms. The number of amides is 2. The number of rotatable bonds is 3. The second-order valence-electron chi connectivity index (χ2n) is 7.35. The van der Waals surface area contributed by atoms with Gasteiger partial charge in [-0.25, -0.2) is 9.18 Å². The summed E-state index contributed by atoms with van der Waals surface area (Å²) in [4.78, 5) is 17.0. The van der Waals surface area contributed by atoms with Crippen molar-refractivity contribution in [3.63, 3.8) is 0 Å². The highest BCUT2D eigenvalue weighted by atomic mass is 19.1. The summed E-state index contributed by atoms with van der Waals surface area (Å²) >= 11 is 0. The summed E-state index contributed by atoms with van der Waals surface area (Å²) in [5.74, 6) is -0.189. The van der Waals surface area contributed by atoms with Gasteiger partial charge in [-0.3, -0.25) is 4.90 Å². The summed E-state index contributed by atoms with van der Waals surface area (Å²) in [6.07, 6.45) is 3.20. The van der Waals surface area contributed by atoms with E-state index >= 15 is 0 Å². The van der Waals surface area contributed by atoms with Crippen LogP contribution in [0.25, 0.3) is 0 Å². The van der Waals surface area contributed by atoms with Crippen molar-refractivity contribution in [2.24, 2.45) is 0 Å². The molecule has 2 aromatic carbocycles. The molecular weight excluding hydrogens is 329 g/mol. The van der Waals surface area contributed by atoms with Gasteiger partial charge in [-0.15, -0.1) is 0 Å². The summed E-state index contributed by atoms with van der Waals surface area (Å²) in [6, 6.07) is 16.4. The summed E-state index contributed by atoms with van der Waals surface area (Å²) in [5.41, 5.74) is 1.85. The molecule has 0 bridgehead atoms. The zero-order chi connectivity index (χ0) is 18.0. The molecule has 2 aliphatic heterocycles. The molecular formula is C21H24FN3O. The molecule has 0 radical (unpaired) electrons. The van der Waals surface area contributed by atoms with E-state index in [1.165, 1.54) is 6.07 Å². The first-order valence-electron chi connectivity index (χ1n) is 9.25. The molecule has 0 unspecified atom stereocenters. The summed E-state index contributed by atoms with van der Waals surface area (Å²) in [5, 5.41) is 2.98. The fourth-order valence-corrected chi connectivity index (χ4v) is 4.31. The molecule has 1 atom stereocenters. The second-order valence-corrected chi connectivity index (χ2v) is 7.35. The van der Waals surface area contributed by atoms with Crippen LogP contribution in [0.2, 0.25) is 0 Å². The highest BCUT2D eigenvalue weighted by molar-refractivity contribution is 5.89. The first-order chi connectivity index (χ1) is 12.6. The lowest BCUT2D eigenvalue weighted by atomic mass is 9.95. The van der Waals surface area contributed by atoms with Gasteiger partial charge in [0.05, 0.1) is 0 Å². The number of nitrogens with one attached hydrogen (secondary N) is 1. The Bertz CT molecular complexity index is 782. The van der Waals surface area contributed by atoms with Gasteiger partial charge in [0.2, 0.25) is 0 Å². The Morgan fingerprint density at radius 3 is 2.73 bits per heavy atom. The third-order valence-electron chi connectivity index (χ3n) is 5.65. The lowest BCUT2D eigenvalue weighted by Crippen LogP contribution is -2.46. The van der Waals surface area contributed by atoms with Crippen LogP contribution in [0.5, 0.6) is 0 Å². The van der Waals surface area contributed by atoms with Crippen molar-refractivity contribution in [1.29, 1.82) is 0 Å². The standard InChI is InChI=1S/C21H24FN3O/c22-18-7-4-6-17(14-18)15-25-12-5-10-21(25)11-13-24(16-21)20(26)23-19-8-2-1-3-9-19/h1-4,6-9,14H,5,10-13,15-16H2,(H,23,26)/t21-/m1/s1. The molecule has 4 nitrogen and oxygen atoms in total. The number of halogens is 1. The van der Waals surface area contributed by atoms with Crippen LogP contribution >= 0.6 is 0 Å². The topological polar surface area (TPSA) is 35.6 Å². The molecule has 2 amide bonds. The Balaban J connectivity index is 1.43. The van der Waals surface area contributed by atoms with Gasteiger partial charge in [-0.05, 0) is 55.6 Å². The minimum atomic E-state index is -0.189. The summed E-state index contributed by atoms with van der Waals surface area (Å²) in [7, 11) is 0. The van der Waals surface area contributed by atoms with Gasteiger partial charge in [0.25, 0.3) is 0 Å². The maximum atomic E-state index is 13.5. The number of carbonyl (C=O) groups is 1. The molecule has 0 aromatic heterocycles. The summed E-state index contributed by atoms with van der Waals surface area (Å²) < 4.78 is 13.5. The Kier molecular flexibility index (Phi) is 4.64. The van der Waals surface area contributed by atoms with Gasteiger partial charge in [0.1, 0.15) is 5.82 Å². The molecule has 5 heteroatoms. The Morgan fingerprint density at radius 1 is 1.08 bits per heavy atom. The van der Waals surface area contributed by atoms with E-state index in [0.29, 0.717) is 0 Å².